The highest BCUT2D eigenvalue weighted by Gasteiger charge is 2.30. The molecule has 0 radical (unpaired) electrons. The van der Waals surface area contributed by atoms with Crippen molar-refractivity contribution in [1.82, 2.24) is 34.5 Å². The van der Waals surface area contributed by atoms with Gasteiger partial charge in [-0.1, -0.05) is 24.3 Å². The Labute approximate surface area is 371 Å². The summed E-state index contributed by atoms with van der Waals surface area (Å²) >= 11 is 0. The summed E-state index contributed by atoms with van der Waals surface area (Å²) in [7, 11) is 8.72. The van der Waals surface area contributed by atoms with Gasteiger partial charge in [-0.3, -0.25) is 19.6 Å². The van der Waals surface area contributed by atoms with Gasteiger partial charge in [0.05, 0.1) is 62.5 Å². The van der Waals surface area contributed by atoms with E-state index in [0.717, 1.165) is 76.5 Å². The number of aromatic nitrogens is 5. The molecule has 0 bridgehead atoms. The molecule has 0 spiro atoms. The van der Waals surface area contributed by atoms with Crippen LogP contribution in [-0.4, -0.2) is 112 Å². The highest BCUT2D eigenvalue weighted by atomic mass is 19.3. The average molecular weight is 879 g/mol. The fraction of sp³-hybridized carbons (Fsp3) is 0.438. The van der Waals surface area contributed by atoms with Gasteiger partial charge in [-0.05, 0) is 99.5 Å². The van der Waals surface area contributed by atoms with Crippen molar-refractivity contribution in [3.63, 3.8) is 0 Å². The van der Waals surface area contributed by atoms with Gasteiger partial charge >= 0.3 is 5.97 Å². The van der Waals surface area contributed by atoms with Crippen molar-refractivity contribution in [1.29, 1.82) is 0 Å². The zero-order valence-electron chi connectivity index (χ0n) is 37.2. The van der Waals surface area contributed by atoms with Gasteiger partial charge in [0, 0.05) is 67.6 Å². The minimum atomic E-state index is -2.89. The minimum absolute atomic E-state index is 0.0598. The highest BCUT2D eigenvalue weighted by molar-refractivity contribution is 5.97. The highest BCUT2D eigenvalue weighted by Crippen LogP contribution is 2.39. The molecule has 2 aliphatic rings. The molecule has 1 saturated carbocycles. The second-order valence-corrected chi connectivity index (χ2v) is 17.0. The summed E-state index contributed by atoms with van der Waals surface area (Å²) in [6, 6.07) is 17.8. The van der Waals surface area contributed by atoms with E-state index >= 15 is 0 Å². The number of aliphatic hydroxyl groups excluding tert-OH is 1. The molecular weight excluding hydrogens is 823 g/mol. The molecule has 2 N–H and O–H groups in total. The van der Waals surface area contributed by atoms with Crippen molar-refractivity contribution in [3.8, 4) is 28.3 Å². The number of esters is 1. The summed E-state index contributed by atoms with van der Waals surface area (Å²) in [5.74, 6) is 1.04. The summed E-state index contributed by atoms with van der Waals surface area (Å²) in [6.07, 6.45) is 5.10. The Morgan fingerprint density at radius 2 is 1.67 bits per heavy atom. The maximum Gasteiger partial charge on any atom is 0.305 e. The van der Waals surface area contributed by atoms with Crippen LogP contribution < -0.4 is 14.8 Å². The lowest BCUT2D eigenvalue weighted by Crippen LogP contribution is -2.47. The van der Waals surface area contributed by atoms with Crippen LogP contribution in [0.25, 0.3) is 38.8 Å². The third-order valence-electron chi connectivity index (χ3n) is 13.0. The van der Waals surface area contributed by atoms with Gasteiger partial charge < -0.3 is 29.4 Å². The number of likely N-dealkylation sites (N-methyl/N-ethyl adjacent to an activating group) is 1. The standard InChI is InChI=1S/C48H56F2N8O6/c1-28-33(34-10-8-12-39-35(34)24-52-58(39)32-21-42(61-4)36(43(22-32)62-5)26-57(3)40-17-18-64-27-41(40)59)9-7-11-37(28)53-47-45-38(54-48(55-47)46(49)50)19-30(23-51-45)25-56(2)31-15-13-29(14-16-31)20-44(60)63-6/h7-12,19,21-24,29,31,40-41,46,59H,13-18,20,25-27H2,1-6H3,(H,53,54,55)/t29?,31?,40-,41+/m1/s1. The number of anilines is 2. The molecule has 64 heavy (non-hydrogen) atoms. The molecule has 2 atom stereocenters. The average Bonchev–Trinajstić information content (AvgIpc) is 3.74. The second kappa shape index (κ2) is 19.5. The molecule has 6 aromatic rings. The molecule has 14 nitrogen and oxygen atoms in total. The predicted molar refractivity (Wildman–Crippen MR) is 240 cm³/mol. The van der Waals surface area contributed by atoms with E-state index in [-0.39, 0.29) is 17.8 Å². The molecule has 4 heterocycles. The van der Waals surface area contributed by atoms with Gasteiger partial charge in [0.25, 0.3) is 6.43 Å². The van der Waals surface area contributed by atoms with Crippen molar-refractivity contribution in [3.05, 3.63) is 89.5 Å². The van der Waals surface area contributed by atoms with Gasteiger partial charge in [-0.15, -0.1) is 0 Å². The van der Waals surface area contributed by atoms with Crippen molar-refractivity contribution < 1.29 is 37.6 Å². The maximum absolute atomic E-state index is 14.3. The first-order chi connectivity index (χ1) is 31.0. The topological polar surface area (TPSA) is 149 Å². The second-order valence-electron chi connectivity index (χ2n) is 17.0. The summed E-state index contributed by atoms with van der Waals surface area (Å²) in [6.45, 7) is 3.95. The number of halogens is 2. The van der Waals surface area contributed by atoms with Crippen LogP contribution in [0.4, 0.5) is 20.3 Å². The Kier molecular flexibility index (Phi) is 13.7. The Hall–Kier alpha value is -5.81. The Morgan fingerprint density at radius 3 is 2.38 bits per heavy atom. The van der Waals surface area contributed by atoms with E-state index in [4.69, 9.17) is 29.0 Å². The quantitative estimate of drug-likeness (QED) is 0.0957. The van der Waals surface area contributed by atoms with Gasteiger partial charge in [0.2, 0.25) is 0 Å². The number of ether oxygens (including phenoxy) is 4. The SMILES string of the molecule is COC(=O)CC1CCC(N(C)Cc2cnc3c(Nc4cccc(-c5cccc6c5cnn6-c5cc(OC)c(CN(C)[C@@H]6CCOC[C@@H]6O)c(OC)c5)c4C)nc(C(F)F)nc3c2)CC1. The molecule has 0 unspecified atom stereocenters. The molecule has 0 amide bonds. The largest absolute Gasteiger partial charge is 0.496 e. The van der Waals surface area contributed by atoms with Gasteiger partial charge in [-0.2, -0.15) is 5.10 Å². The number of hydrogen-bond donors (Lipinski definition) is 2. The number of pyridine rings is 1. The summed E-state index contributed by atoms with van der Waals surface area (Å²) in [5.41, 5.74) is 7.44. The first-order valence-electron chi connectivity index (χ1n) is 21.7. The lowest BCUT2D eigenvalue weighted by Gasteiger charge is -2.35. The fourth-order valence-corrected chi connectivity index (χ4v) is 9.40. The van der Waals surface area contributed by atoms with Gasteiger partial charge in [-0.25, -0.2) is 23.4 Å². The zero-order chi connectivity index (χ0) is 45.1. The number of nitrogens with one attached hydrogen (secondary N) is 1. The molecule has 3 aromatic heterocycles. The number of fused-ring (bicyclic) bond motifs is 2. The maximum atomic E-state index is 14.3. The van der Waals surface area contributed by atoms with Crippen LogP contribution in [0.1, 0.15) is 67.5 Å². The minimum Gasteiger partial charge on any atom is -0.496 e. The van der Waals surface area contributed by atoms with Crippen LogP contribution in [0.15, 0.2) is 67.0 Å². The number of carbonyl (C=O) groups is 1. The van der Waals surface area contributed by atoms with E-state index in [1.807, 2.05) is 79.4 Å². The van der Waals surface area contributed by atoms with Crippen molar-refractivity contribution in [2.75, 3.05) is 54.0 Å². The van der Waals surface area contributed by atoms with Crippen molar-refractivity contribution in [2.45, 2.75) is 83.2 Å². The monoisotopic (exact) mass is 878 g/mol. The first kappa shape index (κ1) is 44.8. The lowest BCUT2D eigenvalue weighted by molar-refractivity contribution is -0.142. The van der Waals surface area contributed by atoms with Gasteiger partial charge in [0.15, 0.2) is 11.6 Å². The van der Waals surface area contributed by atoms with E-state index in [2.05, 4.69) is 32.1 Å². The number of methoxy groups -OCH3 is 3. The van der Waals surface area contributed by atoms with E-state index in [1.54, 1.807) is 20.4 Å². The first-order valence-corrected chi connectivity index (χ1v) is 21.7. The van der Waals surface area contributed by atoms with Crippen LogP contribution >= 0.6 is 0 Å². The molecule has 1 aliphatic carbocycles. The molecule has 1 aliphatic heterocycles. The molecular formula is C48H56F2N8O6. The van der Waals surface area contributed by atoms with E-state index in [9.17, 15) is 18.7 Å². The number of carbonyl (C=O) groups excluding carboxylic acids is 1. The van der Waals surface area contributed by atoms with Crippen LogP contribution in [0.3, 0.4) is 0 Å². The molecule has 3 aromatic carbocycles. The normalized spacial score (nSPS) is 19.2. The van der Waals surface area contributed by atoms with E-state index in [0.29, 0.717) is 72.9 Å². The van der Waals surface area contributed by atoms with Crippen LogP contribution in [0.5, 0.6) is 11.5 Å². The number of alkyl halides is 2. The number of hydrogen-bond acceptors (Lipinski definition) is 13. The molecule has 1 saturated heterocycles. The Bertz CT molecular complexity index is 2590. The Morgan fingerprint density at radius 1 is 0.938 bits per heavy atom. The van der Waals surface area contributed by atoms with Crippen LogP contribution in [0.2, 0.25) is 0 Å². The number of rotatable bonds is 15. The third kappa shape index (κ3) is 9.36. The summed E-state index contributed by atoms with van der Waals surface area (Å²) < 4.78 is 52.7. The number of benzene rings is 3. The number of nitrogens with zero attached hydrogens (tertiary/aromatic N) is 7. The molecule has 338 valence electrons. The fourth-order valence-electron chi connectivity index (χ4n) is 9.40. The predicted octanol–water partition coefficient (Wildman–Crippen LogP) is 8.17. The zero-order valence-corrected chi connectivity index (χ0v) is 37.2. The molecule has 8 rings (SSSR count). The van der Waals surface area contributed by atoms with Crippen molar-refractivity contribution in [2.24, 2.45) is 5.92 Å². The van der Waals surface area contributed by atoms with Crippen LogP contribution in [-0.2, 0) is 27.4 Å². The number of aliphatic hydroxyl groups is 1. The van der Waals surface area contributed by atoms with E-state index < -0.39 is 18.4 Å². The van der Waals surface area contributed by atoms with E-state index in [1.165, 1.54) is 7.11 Å². The van der Waals surface area contributed by atoms with Crippen LogP contribution in [0, 0.1) is 12.8 Å². The lowest BCUT2D eigenvalue weighted by atomic mass is 9.83. The van der Waals surface area contributed by atoms with Crippen molar-refractivity contribution >= 4 is 39.4 Å². The summed E-state index contributed by atoms with van der Waals surface area (Å²) in [5, 5.41) is 19.7. The summed E-state index contributed by atoms with van der Waals surface area (Å²) in [4.78, 5) is 29.4. The van der Waals surface area contributed by atoms with Gasteiger partial charge in [0.1, 0.15) is 17.0 Å². The molecule has 2 fully saturated rings. The Balaban J connectivity index is 1.05. The smallest absolute Gasteiger partial charge is 0.305 e. The molecule has 16 heteroatoms. The third-order valence-corrected chi connectivity index (χ3v) is 13.0.